The predicted molar refractivity (Wildman–Crippen MR) is 61.0 cm³/mol. The van der Waals surface area contributed by atoms with Gasteiger partial charge in [0.05, 0.1) is 5.25 Å². The second-order valence-electron chi connectivity index (χ2n) is 3.75. The lowest BCUT2D eigenvalue weighted by molar-refractivity contribution is -0.136. The zero-order chi connectivity index (χ0) is 12.6. The summed E-state index contributed by atoms with van der Waals surface area (Å²) in [5.74, 6) is -0.743. The van der Waals surface area contributed by atoms with E-state index in [9.17, 15) is 9.59 Å². The molecule has 0 radical (unpaired) electrons. The number of rotatable bonds is 2. The average Bonchev–Trinajstić information content (AvgIpc) is 1.99. The number of amides is 1. The number of hydrogen-bond acceptors (Lipinski definition) is 4. The second kappa shape index (κ2) is 7.39. The van der Waals surface area contributed by atoms with E-state index in [1.54, 1.807) is 34.0 Å². The third kappa shape index (κ3) is 15.8. The summed E-state index contributed by atoms with van der Waals surface area (Å²) in [5, 5.41) is 7.90. The van der Waals surface area contributed by atoms with Crippen LogP contribution in [0.4, 0.5) is 4.79 Å². The van der Waals surface area contributed by atoms with E-state index in [2.05, 4.69) is 4.74 Å². The van der Waals surface area contributed by atoms with Crippen molar-refractivity contribution < 1.29 is 19.4 Å². The van der Waals surface area contributed by atoms with Crippen LogP contribution in [0.1, 0.15) is 27.7 Å². The van der Waals surface area contributed by atoms with Crippen molar-refractivity contribution >= 4 is 23.8 Å². The Bertz CT molecular complexity index is 213. The van der Waals surface area contributed by atoms with E-state index in [0.717, 1.165) is 0 Å². The number of thioether (sulfide) groups is 1. The molecule has 0 rings (SSSR count). The fraction of sp³-hybridized carbons (Fsp3) is 0.778. The lowest BCUT2D eigenvalue weighted by atomic mass is 10.2. The third-order valence-corrected chi connectivity index (χ3v) is 2.02. The van der Waals surface area contributed by atoms with E-state index in [-0.39, 0.29) is 5.25 Å². The van der Waals surface area contributed by atoms with Gasteiger partial charge in [0.2, 0.25) is 0 Å². The Balaban J connectivity index is 0. The topological polar surface area (TPSA) is 89.6 Å². The fourth-order valence-electron chi connectivity index (χ4n) is 0.403. The molecule has 0 fully saturated rings. The number of carboxylic acids is 1. The Morgan fingerprint density at radius 1 is 1.40 bits per heavy atom. The summed E-state index contributed by atoms with van der Waals surface area (Å²) in [4.78, 5) is 19.9. The molecule has 0 aromatic carbocycles. The van der Waals surface area contributed by atoms with Gasteiger partial charge in [-0.1, -0.05) is 0 Å². The highest BCUT2D eigenvalue weighted by molar-refractivity contribution is 7.99. The van der Waals surface area contributed by atoms with Crippen molar-refractivity contribution in [1.29, 1.82) is 0 Å². The van der Waals surface area contributed by atoms with Gasteiger partial charge in [0.15, 0.2) is 0 Å². The van der Waals surface area contributed by atoms with Gasteiger partial charge in [0, 0.05) is 0 Å². The zero-order valence-corrected chi connectivity index (χ0v) is 10.6. The molecule has 0 spiro atoms. The first-order valence-corrected chi connectivity index (χ1v) is 5.63. The molecule has 1 amide bonds. The van der Waals surface area contributed by atoms with E-state index < -0.39 is 17.7 Å². The van der Waals surface area contributed by atoms with Crippen LogP contribution in [0, 0.1) is 0 Å². The number of carbonyl (C=O) groups excluding carboxylic acids is 1. The van der Waals surface area contributed by atoms with Gasteiger partial charge in [-0.2, -0.15) is 11.8 Å². The lowest BCUT2D eigenvalue weighted by Gasteiger charge is -2.16. The summed E-state index contributed by atoms with van der Waals surface area (Å²) in [6.45, 7) is 6.94. The van der Waals surface area contributed by atoms with Gasteiger partial charge in [0.25, 0.3) is 0 Å². The summed E-state index contributed by atoms with van der Waals surface area (Å²) in [7, 11) is 0. The minimum atomic E-state index is -0.743. The van der Waals surface area contributed by atoms with Gasteiger partial charge in [0.1, 0.15) is 5.60 Å². The molecule has 1 atom stereocenters. The lowest BCUT2D eigenvalue weighted by Crippen LogP contribution is -2.27. The molecule has 90 valence electrons. The highest BCUT2D eigenvalue weighted by Gasteiger charge is 2.12. The van der Waals surface area contributed by atoms with Gasteiger partial charge in [-0.15, -0.1) is 0 Å². The van der Waals surface area contributed by atoms with Gasteiger partial charge in [-0.25, -0.2) is 4.79 Å². The molecular formula is C9H19NO4S. The van der Waals surface area contributed by atoms with E-state index >= 15 is 0 Å². The highest BCUT2D eigenvalue weighted by Crippen LogP contribution is 2.04. The smallest absolute Gasteiger partial charge is 0.405 e. The van der Waals surface area contributed by atoms with Gasteiger partial charge < -0.3 is 15.6 Å². The van der Waals surface area contributed by atoms with E-state index in [1.807, 2.05) is 0 Å². The number of carboxylic acid groups (broad SMARTS) is 1. The molecule has 0 aromatic heterocycles. The molecule has 0 aliphatic heterocycles. The summed E-state index contributed by atoms with van der Waals surface area (Å²) in [6, 6.07) is 0. The molecule has 0 heterocycles. The molecular weight excluding hydrogens is 218 g/mol. The third-order valence-electron chi connectivity index (χ3n) is 1.11. The molecule has 0 aliphatic rings. The van der Waals surface area contributed by atoms with Gasteiger partial charge >= 0.3 is 12.1 Å². The normalized spacial score (nSPS) is 12.1. The maximum Gasteiger partial charge on any atom is 0.405 e. The standard InChI is InChI=1S/C5H11NO2.C4H8O2S/c1-5(2,3)8-4(6)7;1-3(7-2)4(5)6/h1-3H3,(H2,6,7);3H,1-2H3,(H,5,6). The van der Waals surface area contributed by atoms with Crippen LogP contribution < -0.4 is 5.73 Å². The predicted octanol–water partition coefficient (Wildman–Crippen LogP) is 1.70. The molecule has 15 heavy (non-hydrogen) atoms. The number of carbonyl (C=O) groups is 2. The maximum atomic E-state index is 10.0. The average molecular weight is 237 g/mol. The van der Waals surface area contributed by atoms with Crippen molar-refractivity contribution in [2.45, 2.75) is 38.5 Å². The van der Waals surface area contributed by atoms with Gasteiger partial charge in [-0.3, -0.25) is 4.79 Å². The molecule has 0 aliphatic carbocycles. The molecule has 0 bridgehead atoms. The van der Waals surface area contributed by atoms with Crippen molar-refractivity contribution in [2.75, 3.05) is 6.26 Å². The fourth-order valence-corrected chi connectivity index (χ4v) is 0.604. The van der Waals surface area contributed by atoms with Gasteiger partial charge in [-0.05, 0) is 34.0 Å². The summed E-state index contributed by atoms with van der Waals surface area (Å²) < 4.78 is 4.58. The number of aliphatic carboxylic acids is 1. The van der Waals surface area contributed by atoms with Crippen LogP contribution in [-0.4, -0.2) is 34.3 Å². The van der Waals surface area contributed by atoms with Crippen LogP contribution in [0.15, 0.2) is 0 Å². The second-order valence-corrected chi connectivity index (χ2v) is 4.93. The molecule has 0 aromatic rings. The van der Waals surface area contributed by atoms with Crippen molar-refractivity contribution in [3.63, 3.8) is 0 Å². The Kier molecular flexibility index (Phi) is 8.14. The summed E-state index contributed by atoms with van der Waals surface area (Å²) in [6.07, 6.45) is 1.05. The Morgan fingerprint density at radius 2 is 1.80 bits per heavy atom. The minimum absolute atomic E-state index is 0.264. The molecule has 3 N–H and O–H groups in total. The van der Waals surface area contributed by atoms with E-state index in [4.69, 9.17) is 10.8 Å². The number of ether oxygens (including phenoxy) is 1. The summed E-state index contributed by atoms with van der Waals surface area (Å²) in [5.41, 5.74) is 4.26. The molecule has 0 saturated carbocycles. The number of hydrogen-bond donors (Lipinski definition) is 2. The first-order chi connectivity index (χ1) is 6.60. The quantitative estimate of drug-likeness (QED) is 0.763. The van der Waals surface area contributed by atoms with Crippen LogP contribution in [0.3, 0.4) is 0 Å². The van der Waals surface area contributed by atoms with Crippen LogP contribution in [0.2, 0.25) is 0 Å². The Hall–Kier alpha value is -0.910. The highest BCUT2D eigenvalue weighted by atomic mass is 32.2. The van der Waals surface area contributed by atoms with Crippen LogP contribution in [0.25, 0.3) is 0 Å². The maximum absolute atomic E-state index is 10.0. The molecule has 1 unspecified atom stereocenters. The first kappa shape index (κ1) is 16.5. The van der Waals surface area contributed by atoms with Crippen LogP contribution in [-0.2, 0) is 9.53 Å². The van der Waals surface area contributed by atoms with Crippen molar-refractivity contribution in [2.24, 2.45) is 5.73 Å². The monoisotopic (exact) mass is 237 g/mol. The molecule has 0 saturated heterocycles. The summed E-state index contributed by atoms with van der Waals surface area (Å²) >= 11 is 1.33. The Morgan fingerprint density at radius 3 is 1.80 bits per heavy atom. The van der Waals surface area contributed by atoms with Crippen molar-refractivity contribution in [3.05, 3.63) is 0 Å². The molecule has 6 heteroatoms. The van der Waals surface area contributed by atoms with Crippen molar-refractivity contribution in [1.82, 2.24) is 0 Å². The zero-order valence-electron chi connectivity index (χ0n) is 9.73. The minimum Gasteiger partial charge on any atom is -0.480 e. The SMILES string of the molecule is CC(C)(C)OC(N)=O.CSC(C)C(=O)O. The Labute approximate surface area is 94.4 Å². The molecule has 5 nitrogen and oxygen atoms in total. The van der Waals surface area contributed by atoms with Crippen LogP contribution in [0.5, 0.6) is 0 Å². The number of primary amides is 1. The van der Waals surface area contributed by atoms with E-state index in [0.29, 0.717) is 0 Å². The number of nitrogens with two attached hydrogens (primary N) is 1. The van der Waals surface area contributed by atoms with Crippen molar-refractivity contribution in [3.8, 4) is 0 Å². The van der Waals surface area contributed by atoms with E-state index in [1.165, 1.54) is 11.8 Å². The van der Waals surface area contributed by atoms with Crippen LogP contribution >= 0.6 is 11.8 Å². The largest absolute Gasteiger partial charge is 0.480 e. The first-order valence-electron chi connectivity index (χ1n) is 4.34.